The molecular formula is C16H14Cl2N2O8S. The maximum atomic E-state index is 12.4. The van der Waals surface area contributed by atoms with E-state index in [4.69, 9.17) is 23.2 Å². The molecule has 0 heterocycles. The topological polar surface area (TPSA) is 161 Å². The Labute approximate surface area is 174 Å². The number of nitro groups is 2. The summed E-state index contributed by atoms with van der Waals surface area (Å²) in [5.74, 6) is -1.78. The first-order valence-electron chi connectivity index (χ1n) is 7.85. The lowest BCUT2D eigenvalue weighted by atomic mass is 10.1. The van der Waals surface area contributed by atoms with Crippen LogP contribution in [0.5, 0.6) is 0 Å². The molecule has 2 aromatic rings. The van der Waals surface area contributed by atoms with Gasteiger partial charge in [0.25, 0.3) is 11.4 Å². The van der Waals surface area contributed by atoms with Gasteiger partial charge in [0.05, 0.1) is 33.6 Å². The van der Waals surface area contributed by atoms with Crippen molar-refractivity contribution in [2.45, 2.75) is 12.2 Å². The summed E-state index contributed by atoms with van der Waals surface area (Å²) in [7, 11) is -4.13. The fraction of sp³-hybridized carbons (Fsp3) is 0.250. The standard InChI is InChI=1S/C16H14Cl2N2O8S/c17-13-3-1-9(19(23)24)5-11(13)15(21)7-29(27,28)8-16(22)12-6-10(20(25)26)2-4-14(12)18/h1-6,15-16,21-22H,7-8H2. The minimum Gasteiger partial charge on any atom is -0.387 e. The second kappa shape index (κ2) is 9.01. The monoisotopic (exact) mass is 464 g/mol. The Kier molecular flexibility index (Phi) is 7.14. The third kappa shape index (κ3) is 5.84. The Bertz CT molecular complexity index is 983. The van der Waals surface area contributed by atoms with Crippen molar-refractivity contribution in [2.75, 3.05) is 11.5 Å². The number of non-ortho nitro benzene ring substituents is 2. The van der Waals surface area contributed by atoms with Gasteiger partial charge in [-0.15, -0.1) is 0 Å². The fourth-order valence-corrected chi connectivity index (χ4v) is 4.47. The van der Waals surface area contributed by atoms with Gasteiger partial charge < -0.3 is 10.2 Å². The molecule has 29 heavy (non-hydrogen) atoms. The van der Waals surface area contributed by atoms with Crippen molar-refractivity contribution in [3.05, 3.63) is 77.8 Å². The van der Waals surface area contributed by atoms with Crippen LogP contribution in [0.15, 0.2) is 36.4 Å². The van der Waals surface area contributed by atoms with E-state index in [1.165, 1.54) is 0 Å². The Morgan fingerprint density at radius 1 is 0.828 bits per heavy atom. The molecule has 2 unspecified atom stereocenters. The molecule has 10 nitrogen and oxygen atoms in total. The molecular weight excluding hydrogens is 451 g/mol. The lowest BCUT2D eigenvalue weighted by molar-refractivity contribution is -0.385. The minimum absolute atomic E-state index is 0.0689. The second-order valence-electron chi connectivity index (χ2n) is 6.03. The van der Waals surface area contributed by atoms with Crippen LogP contribution in [0.1, 0.15) is 23.3 Å². The van der Waals surface area contributed by atoms with Crippen LogP contribution >= 0.6 is 23.2 Å². The predicted molar refractivity (Wildman–Crippen MR) is 105 cm³/mol. The van der Waals surface area contributed by atoms with Crippen LogP contribution in [-0.4, -0.2) is 40.0 Å². The number of hydrogen-bond acceptors (Lipinski definition) is 8. The van der Waals surface area contributed by atoms with Crippen LogP contribution < -0.4 is 0 Å². The average Bonchev–Trinajstić information content (AvgIpc) is 2.60. The molecule has 2 N–H and O–H groups in total. The number of sulfone groups is 1. The summed E-state index contributed by atoms with van der Waals surface area (Å²) in [5.41, 5.74) is -1.09. The third-order valence-corrected chi connectivity index (χ3v) is 6.26. The Hall–Kier alpha value is -2.31. The number of aliphatic hydroxyl groups excluding tert-OH is 2. The van der Waals surface area contributed by atoms with Crippen molar-refractivity contribution < 1.29 is 28.5 Å². The van der Waals surface area contributed by atoms with E-state index in [0.717, 1.165) is 36.4 Å². The molecule has 0 bridgehead atoms. The highest BCUT2D eigenvalue weighted by atomic mass is 35.5. The summed E-state index contributed by atoms with van der Waals surface area (Å²) in [5, 5.41) is 42.0. The second-order valence-corrected chi connectivity index (χ2v) is 9.00. The maximum Gasteiger partial charge on any atom is 0.269 e. The van der Waals surface area contributed by atoms with Crippen molar-refractivity contribution in [2.24, 2.45) is 0 Å². The van der Waals surface area contributed by atoms with Crippen LogP contribution in [0.2, 0.25) is 10.0 Å². The van der Waals surface area contributed by atoms with Crippen molar-refractivity contribution in [1.29, 1.82) is 0 Å². The molecule has 2 aromatic carbocycles. The molecule has 0 spiro atoms. The molecule has 0 aliphatic heterocycles. The SMILES string of the molecule is O=[N+]([O-])c1ccc(Cl)c(C(O)CS(=O)(=O)CC(O)c2cc([N+](=O)[O-])ccc2Cl)c1. The number of rotatable bonds is 8. The molecule has 0 saturated heterocycles. The van der Waals surface area contributed by atoms with Crippen LogP contribution in [-0.2, 0) is 9.84 Å². The number of aliphatic hydroxyl groups is 2. The molecule has 2 rings (SSSR count). The number of nitro benzene ring substituents is 2. The zero-order chi connectivity index (χ0) is 21.9. The van der Waals surface area contributed by atoms with Gasteiger partial charge in [0, 0.05) is 45.4 Å². The summed E-state index contributed by atoms with van der Waals surface area (Å²) in [6, 6.07) is 6.42. The first-order valence-corrected chi connectivity index (χ1v) is 10.4. The molecule has 2 atom stereocenters. The summed E-state index contributed by atoms with van der Waals surface area (Å²) >= 11 is 11.8. The Morgan fingerprint density at radius 2 is 1.17 bits per heavy atom. The van der Waals surface area contributed by atoms with Crippen LogP contribution in [0, 0.1) is 20.2 Å². The van der Waals surface area contributed by atoms with E-state index in [1.54, 1.807) is 0 Å². The van der Waals surface area contributed by atoms with Gasteiger partial charge in [0.1, 0.15) is 0 Å². The molecule has 0 fully saturated rings. The highest BCUT2D eigenvalue weighted by Crippen LogP contribution is 2.31. The minimum atomic E-state index is -4.13. The highest BCUT2D eigenvalue weighted by Gasteiger charge is 2.27. The number of halogens is 2. The normalized spacial score (nSPS) is 13.7. The Morgan fingerprint density at radius 3 is 1.48 bits per heavy atom. The van der Waals surface area contributed by atoms with Gasteiger partial charge in [-0.3, -0.25) is 20.2 Å². The molecule has 13 heteroatoms. The lowest BCUT2D eigenvalue weighted by Gasteiger charge is -2.16. The maximum absolute atomic E-state index is 12.4. The van der Waals surface area contributed by atoms with Gasteiger partial charge >= 0.3 is 0 Å². The molecule has 0 amide bonds. The van der Waals surface area contributed by atoms with Gasteiger partial charge in [-0.05, 0) is 12.1 Å². The average molecular weight is 465 g/mol. The summed E-state index contributed by atoms with van der Waals surface area (Å²) in [4.78, 5) is 20.2. The number of nitrogens with zero attached hydrogens (tertiary/aromatic N) is 2. The molecule has 0 aliphatic rings. The van der Waals surface area contributed by atoms with Crippen LogP contribution in [0.3, 0.4) is 0 Å². The summed E-state index contributed by atoms with van der Waals surface area (Å²) in [6.07, 6.45) is -3.39. The van der Waals surface area contributed by atoms with Crippen molar-refractivity contribution in [3.8, 4) is 0 Å². The van der Waals surface area contributed by atoms with E-state index in [0.29, 0.717) is 0 Å². The van der Waals surface area contributed by atoms with Crippen molar-refractivity contribution in [3.63, 3.8) is 0 Å². The van der Waals surface area contributed by atoms with Gasteiger partial charge in [0.2, 0.25) is 0 Å². The van der Waals surface area contributed by atoms with Crippen molar-refractivity contribution in [1.82, 2.24) is 0 Å². The van der Waals surface area contributed by atoms with E-state index < -0.39 is 43.4 Å². The van der Waals surface area contributed by atoms with Crippen LogP contribution in [0.25, 0.3) is 0 Å². The molecule has 0 aromatic heterocycles. The lowest BCUT2D eigenvalue weighted by Crippen LogP contribution is -2.22. The largest absolute Gasteiger partial charge is 0.387 e. The summed E-state index contributed by atoms with van der Waals surface area (Å²) < 4.78 is 24.8. The molecule has 156 valence electrons. The predicted octanol–water partition coefficient (Wildman–Crippen LogP) is 2.99. The quantitative estimate of drug-likeness (QED) is 0.444. The summed E-state index contributed by atoms with van der Waals surface area (Å²) in [6.45, 7) is 0. The third-order valence-electron chi connectivity index (χ3n) is 3.92. The van der Waals surface area contributed by atoms with Gasteiger partial charge in [-0.1, -0.05) is 23.2 Å². The zero-order valence-electron chi connectivity index (χ0n) is 14.4. The van der Waals surface area contributed by atoms with Gasteiger partial charge in [-0.25, -0.2) is 8.42 Å². The molecule has 0 radical (unpaired) electrons. The fourth-order valence-electron chi connectivity index (χ4n) is 2.53. The first-order chi connectivity index (χ1) is 13.4. The van der Waals surface area contributed by atoms with E-state index in [2.05, 4.69) is 0 Å². The molecule has 0 saturated carbocycles. The van der Waals surface area contributed by atoms with Gasteiger partial charge in [-0.2, -0.15) is 0 Å². The Balaban J connectivity index is 2.22. The molecule has 0 aliphatic carbocycles. The van der Waals surface area contributed by atoms with E-state index >= 15 is 0 Å². The highest BCUT2D eigenvalue weighted by molar-refractivity contribution is 7.91. The van der Waals surface area contributed by atoms with E-state index in [9.17, 15) is 38.9 Å². The van der Waals surface area contributed by atoms with E-state index in [1.807, 2.05) is 0 Å². The van der Waals surface area contributed by atoms with Crippen molar-refractivity contribution >= 4 is 44.4 Å². The smallest absolute Gasteiger partial charge is 0.269 e. The number of hydrogen-bond donors (Lipinski definition) is 2. The van der Waals surface area contributed by atoms with Crippen LogP contribution in [0.4, 0.5) is 11.4 Å². The zero-order valence-corrected chi connectivity index (χ0v) is 16.8. The number of benzene rings is 2. The van der Waals surface area contributed by atoms with Gasteiger partial charge in [0.15, 0.2) is 9.84 Å². The van der Waals surface area contributed by atoms with E-state index in [-0.39, 0.29) is 32.5 Å². The first kappa shape index (κ1) is 23.0.